The van der Waals surface area contributed by atoms with Gasteiger partial charge in [0, 0.05) is 12.4 Å². The van der Waals surface area contributed by atoms with Gasteiger partial charge >= 0.3 is 0 Å². The van der Waals surface area contributed by atoms with Crippen LogP contribution in [0.1, 0.15) is 49.8 Å². The minimum atomic E-state index is -0.296. The molecular formula is C14H21NO. The van der Waals surface area contributed by atoms with E-state index in [4.69, 9.17) is 0 Å². The minimum absolute atomic E-state index is 0.296. The fraction of sp³-hybridized carbons (Fsp3) is 0.643. The number of aliphatic hydroxyl groups is 1. The van der Waals surface area contributed by atoms with Crippen molar-refractivity contribution < 1.29 is 5.11 Å². The average molecular weight is 219 g/mol. The van der Waals surface area contributed by atoms with Crippen LogP contribution in [0.2, 0.25) is 0 Å². The van der Waals surface area contributed by atoms with Crippen LogP contribution in [0.5, 0.6) is 0 Å². The summed E-state index contributed by atoms with van der Waals surface area (Å²) in [5.41, 5.74) is 2.17. The smallest absolute Gasteiger partial charge is 0.0821 e. The summed E-state index contributed by atoms with van der Waals surface area (Å²) in [5, 5.41) is 10.4. The number of pyridine rings is 1. The van der Waals surface area contributed by atoms with Crippen molar-refractivity contribution in [1.29, 1.82) is 0 Å². The van der Waals surface area contributed by atoms with Gasteiger partial charge in [0.25, 0.3) is 0 Å². The quantitative estimate of drug-likeness (QED) is 0.828. The molecule has 0 aromatic carbocycles. The first-order chi connectivity index (χ1) is 7.68. The van der Waals surface area contributed by atoms with E-state index < -0.39 is 0 Å². The van der Waals surface area contributed by atoms with Gasteiger partial charge in [0.15, 0.2) is 0 Å². The molecule has 0 aliphatic heterocycles. The molecule has 1 fully saturated rings. The van der Waals surface area contributed by atoms with Gasteiger partial charge in [0.05, 0.1) is 6.10 Å². The molecular weight excluding hydrogens is 198 g/mol. The molecule has 1 aromatic heterocycles. The fourth-order valence-electron chi connectivity index (χ4n) is 2.67. The number of nitrogens with zero attached hydrogens (tertiary/aromatic N) is 1. The van der Waals surface area contributed by atoms with Crippen molar-refractivity contribution in [2.75, 3.05) is 0 Å². The second-order valence-corrected chi connectivity index (χ2v) is 5.20. The normalized spacial score (nSPS) is 27.7. The van der Waals surface area contributed by atoms with Crippen molar-refractivity contribution in [2.24, 2.45) is 11.8 Å². The summed E-state index contributed by atoms with van der Waals surface area (Å²) in [7, 11) is 0. The highest BCUT2D eigenvalue weighted by molar-refractivity contribution is 5.24. The molecule has 0 radical (unpaired) electrons. The topological polar surface area (TPSA) is 33.1 Å². The van der Waals surface area contributed by atoms with Gasteiger partial charge in [-0.1, -0.05) is 19.8 Å². The largest absolute Gasteiger partial charge is 0.388 e. The first-order valence-electron chi connectivity index (χ1n) is 6.27. The first kappa shape index (κ1) is 11.6. The molecule has 0 bridgehead atoms. The van der Waals surface area contributed by atoms with Crippen LogP contribution in [-0.2, 0) is 0 Å². The second-order valence-electron chi connectivity index (χ2n) is 5.20. The van der Waals surface area contributed by atoms with Gasteiger partial charge in [-0.15, -0.1) is 0 Å². The molecule has 1 heterocycles. The Morgan fingerprint density at radius 3 is 2.62 bits per heavy atom. The predicted molar refractivity (Wildman–Crippen MR) is 65.1 cm³/mol. The molecule has 1 aliphatic carbocycles. The molecule has 16 heavy (non-hydrogen) atoms. The van der Waals surface area contributed by atoms with E-state index in [9.17, 15) is 5.11 Å². The zero-order chi connectivity index (χ0) is 11.5. The Hall–Kier alpha value is -0.890. The van der Waals surface area contributed by atoms with Crippen molar-refractivity contribution in [1.82, 2.24) is 4.98 Å². The molecule has 2 rings (SSSR count). The second kappa shape index (κ2) is 4.96. The number of hydrogen-bond donors (Lipinski definition) is 1. The molecule has 1 N–H and O–H groups in total. The van der Waals surface area contributed by atoms with Crippen molar-refractivity contribution >= 4 is 0 Å². The van der Waals surface area contributed by atoms with Crippen LogP contribution in [0, 0.1) is 18.8 Å². The molecule has 2 heteroatoms. The Morgan fingerprint density at radius 2 is 2.00 bits per heavy atom. The molecule has 0 spiro atoms. The first-order valence-corrected chi connectivity index (χ1v) is 6.27. The SMILES string of the molecule is Cc1cnccc1C(O)C1CCC(C)CC1. The third kappa shape index (κ3) is 2.43. The van der Waals surface area contributed by atoms with Crippen LogP contribution in [0.25, 0.3) is 0 Å². The molecule has 1 saturated carbocycles. The molecule has 1 aliphatic rings. The Labute approximate surface area is 97.7 Å². The van der Waals surface area contributed by atoms with Crippen LogP contribution >= 0.6 is 0 Å². The third-order valence-corrected chi connectivity index (χ3v) is 3.89. The number of aromatic nitrogens is 1. The van der Waals surface area contributed by atoms with E-state index in [1.54, 1.807) is 6.20 Å². The highest BCUT2D eigenvalue weighted by Crippen LogP contribution is 2.37. The summed E-state index contributed by atoms with van der Waals surface area (Å²) in [6.45, 7) is 4.33. The van der Waals surface area contributed by atoms with Gasteiger partial charge in [0.1, 0.15) is 0 Å². The maximum absolute atomic E-state index is 10.4. The number of aryl methyl sites for hydroxylation is 1. The number of aliphatic hydroxyl groups excluding tert-OH is 1. The zero-order valence-corrected chi connectivity index (χ0v) is 10.2. The zero-order valence-electron chi connectivity index (χ0n) is 10.2. The predicted octanol–water partition coefficient (Wildman–Crippen LogP) is 3.25. The van der Waals surface area contributed by atoms with Crippen LogP contribution in [-0.4, -0.2) is 10.1 Å². The van der Waals surface area contributed by atoms with Gasteiger partial charge in [0.2, 0.25) is 0 Å². The van der Waals surface area contributed by atoms with Gasteiger partial charge in [-0.3, -0.25) is 4.98 Å². The summed E-state index contributed by atoms with van der Waals surface area (Å²) >= 11 is 0. The van der Waals surface area contributed by atoms with E-state index in [0.29, 0.717) is 5.92 Å². The molecule has 2 nitrogen and oxygen atoms in total. The minimum Gasteiger partial charge on any atom is -0.388 e. The van der Waals surface area contributed by atoms with Gasteiger partial charge in [-0.2, -0.15) is 0 Å². The molecule has 1 unspecified atom stereocenters. The summed E-state index contributed by atoms with van der Waals surface area (Å²) in [5.74, 6) is 1.28. The summed E-state index contributed by atoms with van der Waals surface area (Å²) in [6, 6.07) is 1.96. The van der Waals surface area contributed by atoms with Crippen molar-refractivity contribution in [3.8, 4) is 0 Å². The van der Waals surface area contributed by atoms with E-state index in [2.05, 4.69) is 11.9 Å². The Morgan fingerprint density at radius 1 is 1.31 bits per heavy atom. The lowest BCUT2D eigenvalue weighted by Crippen LogP contribution is -2.19. The number of rotatable bonds is 2. The average Bonchev–Trinajstić information content (AvgIpc) is 2.30. The highest BCUT2D eigenvalue weighted by Gasteiger charge is 2.26. The van der Waals surface area contributed by atoms with E-state index in [0.717, 1.165) is 29.9 Å². The van der Waals surface area contributed by atoms with Crippen molar-refractivity contribution in [2.45, 2.75) is 45.6 Å². The highest BCUT2D eigenvalue weighted by atomic mass is 16.3. The summed E-state index contributed by atoms with van der Waals surface area (Å²) < 4.78 is 0. The molecule has 0 saturated heterocycles. The van der Waals surface area contributed by atoms with Crippen LogP contribution in [0.4, 0.5) is 0 Å². The van der Waals surface area contributed by atoms with Crippen molar-refractivity contribution in [3.63, 3.8) is 0 Å². The molecule has 1 aromatic rings. The fourth-order valence-corrected chi connectivity index (χ4v) is 2.67. The van der Waals surface area contributed by atoms with E-state index in [1.165, 1.54) is 12.8 Å². The number of hydrogen-bond acceptors (Lipinski definition) is 2. The van der Waals surface area contributed by atoms with Gasteiger partial charge in [-0.25, -0.2) is 0 Å². The van der Waals surface area contributed by atoms with E-state index in [1.807, 2.05) is 19.2 Å². The van der Waals surface area contributed by atoms with Gasteiger partial charge < -0.3 is 5.11 Å². The summed E-state index contributed by atoms with van der Waals surface area (Å²) in [4.78, 5) is 4.07. The molecule has 0 amide bonds. The standard InChI is InChI=1S/C14H21NO/c1-10-3-5-12(6-4-10)14(16)13-7-8-15-9-11(13)2/h7-10,12,14,16H,3-6H2,1-2H3. The van der Waals surface area contributed by atoms with Gasteiger partial charge in [-0.05, 0) is 48.8 Å². The maximum atomic E-state index is 10.4. The summed E-state index contributed by atoms with van der Waals surface area (Å²) in [6.07, 6.45) is 8.14. The lowest BCUT2D eigenvalue weighted by Gasteiger charge is -2.30. The Bertz CT molecular complexity index is 342. The van der Waals surface area contributed by atoms with E-state index >= 15 is 0 Å². The maximum Gasteiger partial charge on any atom is 0.0821 e. The lowest BCUT2D eigenvalue weighted by atomic mass is 9.78. The molecule has 88 valence electrons. The third-order valence-electron chi connectivity index (χ3n) is 3.89. The van der Waals surface area contributed by atoms with Crippen molar-refractivity contribution in [3.05, 3.63) is 29.6 Å². The van der Waals surface area contributed by atoms with Crippen LogP contribution in [0.15, 0.2) is 18.5 Å². The van der Waals surface area contributed by atoms with Crippen LogP contribution < -0.4 is 0 Å². The van der Waals surface area contributed by atoms with E-state index in [-0.39, 0.29) is 6.10 Å². The molecule has 1 atom stereocenters. The monoisotopic (exact) mass is 219 g/mol. The Balaban J connectivity index is 2.07. The Kier molecular flexibility index (Phi) is 3.59. The lowest BCUT2D eigenvalue weighted by molar-refractivity contribution is 0.0750. The van der Waals surface area contributed by atoms with Crippen LogP contribution in [0.3, 0.4) is 0 Å².